The highest BCUT2D eigenvalue weighted by atomic mass is 16.1. The highest BCUT2D eigenvalue weighted by Crippen LogP contribution is 2.27. The van der Waals surface area contributed by atoms with E-state index < -0.39 is 0 Å². The zero-order chi connectivity index (χ0) is 14.1. The molecule has 0 heterocycles. The Kier molecular flexibility index (Phi) is 8.11. The topological polar surface area (TPSA) is 55.1 Å². The van der Waals surface area contributed by atoms with Crippen LogP contribution in [0, 0.1) is 11.8 Å². The fraction of sp³-hybridized carbons (Fsp3) is 0.938. The van der Waals surface area contributed by atoms with E-state index in [0.717, 1.165) is 25.8 Å². The number of hydrogen-bond acceptors (Lipinski definition) is 2. The molecule has 1 rings (SSSR count). The molecule has 0 spiro atoms. The van der Waals surface area contributed by atoms with Gasteiger partial charge in [-0.25, -0.2) is 0 Å². The van der Waals surface area contributed by atoms with Crippen LogP contribution in [0.5, 0.6) is 0 Å². The van der Waals surface area contributed by atoms with Crippen LogP contribution in [0.25, 0.3) is 0 Å². The number of hydrogen-bond donors (Lipinski definition) is 2. The van der Waals surface area contributed by atoms with Crippen LogP contribution < -0.4 is 11.1 Å². The van der Waals surface area contributed by atoms with Crippen LogP contribution in [0.15, 0.2) is 0 Å². The Bertz CT molecular complexity index is 255. The molecule has 0 aromatic carbocycles. The molecule has 1 amide bonds. The van der Waals surface area contributed by atoms with E-state index in [1.165, 1.54) is 38.5 Å². The van der Waals surface area contributed by atoms with E-state index in [-0.39, 0.29) is 17.9 Å². The van der Waals surface area contributed by atoms with Gasteiger partial charge >= 0.3 is 0 Å². The van der Waals surface area contributed by atoms with Gasteiger partial charge in [0, 0.05) is 12.6 Å². The van der Waals surface area contributed by atoms with Crippen LogP contribution in [-0.4, -0.2) is 18.5 Å². The van der Waals surface area contributed by atoms with E-state index in [2.05, 4.69) is 19.2 Å². The molecule has 112 valence electrons. The Morgan fingerprint density at radius 1 is 1.16 bits per heavy atom. The molecule has 0 bridgehead atoms. The second kappa shape index (κ2) is 9.35. The van der Waals surface area contributed by atoms with Crippen molar-refractivity contribution in [2.24, 2.45) is 17.6 Å². The molecule has 3 atom stereocenters. The summed E-state index contributed by atoms with van der Waals surface area (Å²) in [5.74, 6) is 0.876. The summed E-state index contributed by atoms with van der Waals surface area (Å²) in [6.45, 7) is 5.27. The van der Waals surface area contributed by atoms with Crippen molar-refractivity contribution in [2.45, 2.75) is 77.7 Å². The molecule has 1 aliphatic rings. The number of unbranched alkanes of at least 4 members (excludes halogenated alkanes) is 5. The van der Waals surface area contributed by atoms with Crippen molar-refractivity contribution >= 4 is 5.91 Å². The van der Waals surface area contributed by atoms with Crippen molar-refractivity contribution in [3.63, 3.8) is 0 Å². The molecule has 0 aliphatic heterocycles. The molecule has 0 saturated heterocycles. The number of carbonyl (C=O) groups is 1. The van der Waals surface area contributed by atoms with E-state index >= 15 is 0 Å². The van der Waals surface area contributed by atoms with Gasteiger partial charge in [-0.05, 0) is 31.6 Å². The first kappa shape index (κ1) is 16.5. The van der Waals surface area contributed by atoms with E-state index in [4.69, 9.17) is 5.73 Å². The van der Waals surface area contributed by atoms with E-state index in [1.54, 1.807) is 0 Å². The summed E-state index contributed by atoms with van der Waals surface area (Å²) >= 11 is 0. The van der Waals surface area contributed by atoms with Gasteiger partial charge in [0.2, 0.25) is 5.91 Å². The predicted octanol–water partition coefficient (Wildman–Crippen LogP) is 3.23. The van der Waals surface area contributed by atoms with Gasteiger partial charge in [-0.15, -0.1) is 0 Å². The van der Waals surface area contributed by atoms with Crippen molar-refractivity contribution < 1.29 is 4.79 Å². The minimum Gasteiger partial charge on any atom is -0.356 e. The van der Waals surface area contributed by atoms with E-state index in [0.29, 0.717) is 5.92 Å². The van der Waals surface area contributed by atoms with Gasteiger partial charge in [0.1, 0.15) is 0 Å². The Morgan fingerprint density at radius 2 is 1.84 bits per heavy atom. The van der Waals surface area contributed by atoms with Crippen LogP contribution in [0.3, 0.4) is 0 Å². The summed E-state index contributed by atoms with van der Waals surface area (Å²) in [5.41, 5.74) is 6.07. The molecule has 19 heavy (non-hydrogen) atoms. The van der Waals surface area contributed by atoms with Gasteiger partial charge in [-0.1, -0.05) is 46.0 Å². The average Bonchev–Trinajstić information content (AvgIpc) is 2.40. The van der Waals surface area contributed by atoms with Crippen molar-refractivity contribution in [3.8, 4) is 0 Å². The van der Waals surface area contributed by atoms with Gasteiger partial charge in [0.05, 0.1) is 5.92 Å². The predicted molar refractivity (Wildman–Crippen MR) is 80.9 cm³/mol. The quantitative estimate of drug-likeness (QED) is 0.664. The molecule has 3 unspecified atom stereocenters. The zero-order valence-electron chi connectivity index (χ0n) is 12.8. The van der Waals surface area contributed by atoms with E-state index in [1.807, 2.05) is 0 Å². The Morgan fingerprint density at radius 3 is 2.58 bits per heavy atom. The number of carbonyl (C=O) groups excluding carboxylic acids is 1. The standard InChI is InChI=1S/C16H32N2O/c1-3-4-5-6-7-8-11-18-16(19)14-12-13(2)9-10-15(14)17/h13-15H,3-12,17H2,1-2H3,(H,18,19). The largest absolute Gasteiger partial charge is 0.356 e. The molecule has 3 N–H and O–H groups in total. The summed E-state index contributed by atoms with van der Waals surface area (Å²) in [5, 5.41) is 3.08. The van der Waals surface area contributed by atoms with Gasteiger partial charge < -0.3 is 11.1 Å². The molecule has 0 radical (unpaired) electrons. The second-order valence-electron chi connectivity index (χ2n) is 6.25. The maximum absolute atomic E-state index is 12.1. The third-order valence-corrected chi connectivity index (χ3v) is 4.33. The molecular formula is C16H32N2O. The third-order valence-electron chi connectivity index (χ3n) is 4.33. The SMILES string of the molecule is CCCCCCCCNC(=O)C1CC(C)CCC1N. The molecular weight excluding hydrogens is 236 g/mol. The first-order chi connectivity index (χ1) is 9.15. The molecule has 1 saturated carbocycles. The Hall–Kier alpha value is -0.570. The highest BCUT2D eigenvalue weighted by molar-refractivity contribution is 5.79. The molecule has 1 aliphatic carbocycles. The summed E-state index contributed by atoms with van der Waals surface area (Å²) in [6, 6.07) is 0.0701. The Labute approximate surface area is 118 Å². The number of nitrogens with two attached hydrogens (primary N) is 1. The van der Waals surface area contributed by atoms with Crippen LogP contribution in [0.2, 0.25) is 0 Å². The number of nitrogens with one attached hydrogen (secondary N) is 1. The van der Waals surface area contributed by atoms with Crippen LogP contribution in [-0.2, 0) is 4.79 Å². The van der Waals surface area contributed by atoms with Crippen LogP contribution in [0.1, 0.15) is 71.6 Å². The summed E-state index contributed by atoms with van der Waals surface area (Å²) in [7, 11) is 0. The minimum absolute atomic E-state index is 0.0452. The summed E-state index contributed by atoms with van der Waals surface area (Å²) in [4.78, 5) is 12.1. The van der Waals surface area contributed by atoms with Crippen molar-refractivity contribution in [1.82, 2.24) is 5.32 Å². The van der Waals surface area contributed by atoms with Gasteiger partial charge in [-0.2, -0.15) is 0 Å². The highest BCUT2D eigenvalue weighted by Gasteiger charge is 2.31. The van der Waals surface area contributed by atoms with Crippen LogP contribution >= 0.6 is 0 Å². The van der Waals surface area contributed by atoms with Gasteiger partial charge in [-0.3, -0.25) is 4.79 Å². The average molecular weight is 268 g/mol. The second-order valence-corrected chi connectivity index (χ2v) is 6.25. The smallest absolute Gasteiger partial charge is 0.224 e. The molecule has 3 nitrogen and oxygen atoms in total. The normalized spacial score (nSPS) is 27.2. The minimum atomic E-state index is 0.0452. The lowest BCUT2D eigenvalue weighted by atomic mass is 9.79. The molecule has 1 fully saturated rings. The van der Waals surface area contributed by atoms with E-state index in [9.17, 15) is 4.79 Å². The van der Waals surface area contributed by atoms with Gasteiger partial charge in [0.25, 0.3) is 0 Å². The third kappa shape index (κ3) is 6.42. The molecule has 0 aromatic rings. The summed E-state index contributed by atoms with van der Waals surface area (Å²) in [6.07, 6.45) is 10.7. The number of amides is 1. The van der Waals surface area contributed by atoms with Crippen molar-refractivity contribution in [2.75, 3.05) is 6.54 Å². The molecule has 0 aromatic heterocycles. The lowest BCUT2D eigenvalue weighted by Crippen LogP contribution is -2.45. The lowest BCUT2D eigenvalue weighted by Gasteiger charge is -2.31. The van der Waals surface area contributed by atoms with Crippen molar-refractivity contribution in [3.05, 3.63) is 0 Å². The maximum Gasteiger partial charge on any atom is 0.224 e. The number of rotatable bonds is 8. The molecule has 3 heteroatoms. The fourth-order valence-corrected chi connectivity index (χ4v) is 2.95. The summed E-state index contributed by atoms with van der Waals surface area (Å²) < 4.78 is 0. The van der Waals surface area contributed by atoms with Crippen LogP contribution in [0.4, 0.5) is 0 Å². The van der Waals surface area contributed by atoms with Crippen molar-refractivity contribution in [1.29, 1.82) is 0 Å². The zero-order valence-corrected chi connectivity index (χ0v) is 12.8. The Balaban J connectivity index is 2.09. The monoisotopic (exact) mass is 268 g/mol. The first-order valence-corrected chi connectivity index (χ1v) is 8.18. The fourth-order valence-electron chi connectivity index (χ4n) is 2.95. The first-order valence-electron chi connectivity index (χ1n) is 8.18. The lowest BCUT2D eigenvalue weighted by molar-refractivity contribution is -0.126. The maximum atomic E-state index is 12.1. The van der Waals surface area contributed by atoms with Gasteiger partial charge in [0.15, 0.2) is 0 Å².